The summed E-state index contributed by atoms with van der Waals surface area (Å²) >= 11 is 3.18. The summed E-state index contributed by atoms with van der Waals surface area (Å²) < 4.78 is 16.3. The minimum atomic E-state index is -0.303. The van der Waals surface area contributed by atoms with E-state index in [2.05, 4.69) is 21.2 Å². The number of furan rings is 1. The number of ether oxygens (including phenoxy) is 2. The Balaban J connectivity index is 1.69. The molecule has 0 aliphatic carbocycles. The molecule has 1 N–H and O–H groups in total. The molecule has 1 aromatic heterocycles. The summed E-state index contributed by atoms with van der Waals surface area (Å²) in [4.78, 5) is 12.0. The van der Waals surface area contributed by atoms with E-state index in [1.807, 2.05) is 24.3 Å². The van der Waals surface area contributed by atoms with E-state index in [0.29, 0.717) is 29.1 Å². The van der Waals surface area contributed by atoms with Crippen LogP contribution in [0.25, 0.3) is 0 Å². The zero-order chi connectivity index (χ0) is 13.9. The predicted octanol–water partition coefficient (Wildman–Crippen LogP) is 3.34. The van der Waals surface area contributed by atoms with Gasteiger partial charge in [-0.2, -0.15) is 0 Å². The summed E-state index contributed by atoms with van der Waals surface area (Å²) in [6, 6.07) is 8.97. The van der Waals surface area contributed by atoms with Gasteiger partial charge in [-0.1, -0.05) is 12.1 Å². The van der Waals surface area contributed by atoms with Crippen LogP contribution in [0.5, 0.6) is 0 Å². The van der Waals surface area contributed by atoms with Crippen LogP contribution in [0.2, 0.25) is 0 Å². The van der Waals surface area contributed by atoms with Gasteiger partial charge in [-0.05, 0) is 34.1 Å². The molecule has 104 valence electrons. The third-order valence-electron chi connectivity index (χ3n) is 2.93. The van der Waals surface area contributed by atoms with Crippen LogP contribution >= 0.6 is 15.9 Å². The Labute approximate surface area is 124 Å². The van der Waals surface area contributed by atoms with Crippen LogP contribution in [0.15, 0.2) is 45.7 Å². The summed E-state index contributed by atoms with van der Waals surface area (Å²) in [5, 5.41) is 2.79. The van der Waals surface area contributed by atoms with Crippen LogP contribution in [0, 0.1) is 0 Å². The summed E-state index contributed by atoms with van der Waals surface area (Å²) in [6.45, 7) is 1.22. The number of halogens is 1. The Morgan fingerprint density at radius 3 is 2.45 bits per heavy atom. The topological polar surface area (TPSA) is 60.7 Å². The first-order chi connectivity index (χ1) is 9.74. The minimum absolute atomic E-state index is 0.230. The van der Waals surface area contributed by atoms with Gasteiger partial charge in [-0.25, -0.2) is 0 Å². The molecular weight excluding hydrogens is 326 g/mol. The van der Waals surface area contributed by atoms with Crippen molar-refractivity contribution < 1.29 is 18.7 Å². The van der Waals surface area contributed by atoms with Gasteiger partial charge in [-0.15, -0.1) is 0 Å². The molecule has 0 atom stereocenters. The molecule has 1 amide bonds. The van der Waals surface area contributed by atoms with Gasteiger partial charge in [0.2, 0.25) is 0 Å². The normalized spacial score (nSPS) is 15.4. The van der Waals surface area contributed by atoms with Gasteiger partial charge in [0, 0.05) is 11.3 Å². The highest BCUT2D eigenvalue weighted by Crippen LogP contribution is 2.25. The Morgan fingerprint density at radius 2 is 1.85 bits per heavy atom. The molecule has 0 unspecified atom stereocenters. The van der Waals surface area contributed by atoms with Gasteiger partial charge in [0.25, 0.3) is 5.91 Å². The van der Waals surface area contributed by atoms with E-state index < -0.39 is 0 Å². The highest BCUT2D eigenvalue weighted by atomic mass is 79.9. The van der Waals surface area contributed by atoms with Gasteiger partial charge >= 0.3 is 0 Å². The molecule has 2 heterocycles. The van der Waals surface area contributed by atoms with E-state index in [1.54, 1.807) is 6.07 Å². The van der Waals surface area contributed by atoms with Crippen molar-refractivity contribution in [2.24, 2.45) is 0 Å². The van der Waals surface area contributed by atoms with Crippen molar-refractivity contribution in [3.63, 3.8) is 0 Å². The van der Waals surface area contributed by atoms with Crippen molar-refractivity contribution in [2.45, 2.75) is 6.29 Å². The highest BCUT2D eigenvalue weighted by Gasteiger charge is 2.18. The van der Waals surface area contributed by atoms with Crippen LogP contribution in [0.4, 0.5) is 5.69 Å². The van der Waals surface area contributed by atoms with E-state index in [9.17, 15) is 4.79 Å². The number of benzene rings is 1. The molecular formula is C14H12BrNO4. The van der Waals surface area contributed by atoms with Gasteiger partial charge in [0.05, 0.1) is 25.0 Å². The molecule has 6 heteroatoms. The van der Waals surface area contributed by atoms with Crippen molar-refractivity contribution in [1.82, 2.24) is 0 Å². The Bertz CT molecular complexity index is 602. The maximum atomic E-state index is 12.0. The molecule has 1 fully saturated rings. The van der Waals surface area contributed by atoms with Crippen molar-refractivity contribution in [3.8, 4) is 0 Å². The standard InChI is InChI=1S/C14H12BrNO4/c15-12-11(5-6-18-12)13(17)16-10-3-1-9(2-4-10)14-19-7-8-20-14/h1-6,14H,7-8H2,(H,16,17). The molecule has 20 heavy (non-hydrogen) atoms. The fourth-order valence-corrected chi connectivity index (χ4v) is 2.35. The van der Waals surface area contributed by atoms with Gasteiger partial charge in [-0.3, -0.25) is 4.79 Å². The van der Waals surface area contributed by atoms with Crippen molar-refractivity contribution in [1.29, 1.82) is 0 Å². The Hall–Kier alpha value is -1.63. The third-order valence-corrected chi connectivity index (χ3v) is 3.54. The molecule has 0 saturated carbocycles. The molecule has 5 nitrogen and oxygen atoms in total. The summed E-state index contributed by atoms with van der Waals surface area (Å²) in [5.74, 6) is -0.230. The second-order valence-corrected chi connectivity index (χ2v) is 4.98. The van der Waals surface area contributed by atoms with Crippen molar-refractivity contribution in [2.75, 3.05) is 18.5 Å². The average Bonchev–Trinajstić information content (AvgIpc) is 3.10. The largest absolute Gasteiger partial charge is 0.457 e. The van der Waals surface area contributed by atoms with Gasteiger partial charge in [0.15, 0.2) is 11.0 Å². The number of anilines is 1. The molecule has 1 aliphatic heterocycles. The zero-order valence-electron chi connectivity index (χ0n) is 10.5. The molecule has 0 bridgehead atoms. The molecule has 1 saturated heterocycles. The first-order valence-electron chi connectivity index (χ1n) is 6.11. The first kappa shape index (κ1) is 13.4. The second kappa shape index (κ2) is 5.78. The molecule has 0 spiro atoms. The average molecular weight is 338 g/mol. The summed E-state index contributed by atoms with van der Waals surface area (Å²) in [5.41, 5.74) is 2.09. The van der Waals surface area contributed by atoms with E-state index in [1.165, 1.54) is 6.26 Å². The molecule has 3 rings (SSSR count). The third kappa shape index (κ3) is 2.77. The first-order valence-corrected chi connectivity index (χ1v) is 6.91. The quantitative estimate of drug-likeness (QED) is 0.932. The van der Waals surface area contributed by atoms with Crippen LogP contribution < -0.4 is 5.32 Å². The molecule has 0 radical (unpaired) electrons. The van der Waals surface area contributed by atoms with Crippen LogP contribution in [0.3, 0.4) is 0 Å². The second-order valence-electron chi connectivity index (χ2n) is 4.26. The summed E-state index contributed by atoms with van der Waals surface area (Å²) in [7, 11) is 0. The van der Waals surface area contributed by atoms with Crippen molar-refractivity contribution in [3.05, 3.63) is 52.4 Å². The number of amides is 1. The number of rotatable bonds is 3. The van der Waals surface area contributed by atoms with Gasteiger partial charge in [0.1, 0.15) is 0 Å². The van der Waals surface area contributed by atoms with Crippen LogP contribution in [-0.2, 0) is 9.47 Å². The SMILES string of the molecule is O=C(Nc1ccc(C2OCCO2)cc1)c1ccoc1Br. The Morgan fingerprint density at radius 1 is 1.15 bits per heavy atom. The lowest BCUT2D eigenvalue weighted by Crippen LogP contribution is -2.11. The monoisotopic (exact) mass is 337 g/mol. The van der Waals surface area contributed by atoms with Crippen molar-refractivity contribution >= 4 is 27.5 Å². The van der Waals surface area contributed by atoms with Crippen LogP contribution in [-0.4, -0.2) is 19.1 Å². The number of hydrogen-bond donors (Lipinski definition) is 1. The fourth-order valence-electron chi connectivity index (χ4n) is 1.93. The number of hydrogen-bond acceptors (Lipinski definition) is 4. The van der Waals surface area contributed by atoms with E-state index in [4.69, 9.17) is 13.9 Å². The number of nitrogens with one attached hydrogen (secondary N) is 1. The molecule has 1 aliphatic rings. The number of carbonyl (C=O) groups excluding carboxylic acids is 1. The van der Waals surface area contributed by atoms with Gasteiger partial charge < -0.3 is 19.2 Å². The lowest BCUT2D eigenvalue weighted by molar-refractivity contribution is -0.0441. The molecule has 1 aromatic carbocycles. The predicted molar refractivity (Wildman–Crippen MR) is 75.4 cm³/mol. The fraction of sp³-hybridized carbons (Fsp3) is 0.214. The Kier molecular flexibility index (Phi) is 3.86. The molecule has 2 aromatic rings. The number of carbonyl (C=O) groups is 1. The lowest BCUT2D eigenvalue weighted by atomic mass is 10.2. The van der Waals surface area contributed by atoms with E-state index in [0.717, 1.165) is 5.56 Å². The maximum absolute atomic E-state index is 12.0. The lowest BCUT2D eigenvalue weighted by Gasteiger charge is -2.10. The smallest absolute Gasteiger partial charge is 0.260 e. The summed E-state index contributed by atoms with van der Waals surface area (Å²) in [6.07, 6.45) is 1.15. The maximum Gasteiger partial charge on any atom is 0.260 e. The zero-order valence-corrected chi connectivity index (χ0v) is 12.1. The highest BCUT2D eigenvalue weighted by molar-refractivity contribution is 9.10. The minimum Gasteiger partial charge on any atom is -0.457 e. The van der Waals surface area contributed by atoms with Crippen LogP contribution in [0.1, 0.15) is 22.2 Å². The van der Waals surface area contributed by atoms with E-state index in [-0.39, 0.29) is 12.2 Å². The van der Waals surface area contributed by atoms with E-state index >= 15 is 0 Å².